The molecule has 1 heterocycles. The highest BCUT2D eigenvalue weighted by atomic mass is 32.1. The zero-order chi connectivity index (χ0) is 14.6. The molecular formula is C16H19N3S. The van der Waals surface area contributed by atoms with Crippen LogP contribution in [0.4, 0.5) is 5.13 Å². The van der Waals surface area contributed by atoms with Crippen molar-refractivity contribution in [3.63, 3.8) is 0 Å². The fourth-order valence-corrected chi connectivity index (χ4v) is 2.36. The summed E-state index contributed by atoms with van der Waals surface area (Å²) in [6.45, 7) is 8.24. The number of aromatic nitrogens is 1. The molecular weight excluding hydrogens is 266 g/mol. The Hall–Kier alpha value is -1.90. The van der Waals surface area contributed by atoms with Crippen molar-refractivity contribution >= 4 is 32.9 Å². The minimum atomic E-state index is -0.138. The van der Waals surface area contributed by atoms with Crippen LogP contribution in [-0.4, -0.2) is 11.2 Å². The zero-order valence-electron chi connectivity index (χ0n) is 12.3. The van der Waals surface area contributed by atoms with Gasteiger partial charge in [0.15, 0.2) is 0 Å². The molecule has 1 aromatic heterocycles. The summed E-state index contributed by atoms with van der Waals surface area (Å²) in [6, 6.07) is 8.06. The Balaban J connectivity index is 2.07. The third-order valence-corrected chi connectivity index (χ3v) is 3.53. The van der Waals surface area contributed by atoms with Crippen LogP contribution in [0.1, 0.15) is 27.7 Å². The van der Waals surface area contributed by atoms with Gasteiger partial charge in [0, 0.05) is 11.6 Å². The number of thiazole rings is 1. The number of benzene rings is 1. The number of nitrogens with zero attached hydrogens (tertiary/aromatic N) is 2. The summed E-state index contributed by atoms with van der Waals surface area (Å²) in [4.78, 5) is 4.47. The second-order valence-corrected chi connectivity index (χ2v) is 6.50. The van der Waals surface area contributed by atoms with Gasteiger partial charge in [0.1, 0.15) is 0 Å². The van der Waals surface area contributed by atoms with E-state index in [1.54, 1.807) is 11.3 Å². The maximum Gasteiger partial charge on any atom is 0.204 e. The normalized spacial score (nSPS) is 11.6. The van der Waals surface area contributed by atoms with E-state index < -0.39 is 0 Å². The molecule has 0 unspecified atom stereocenters. The van der Waals surface area contributed by atoms with E-state index in [0.29, 0.717) is 0 Å². The Morgan fingerprint density at radius 3 is 2.80 bits per heavy atom. The van der Waals surface area contributed by atoms with Crippen LogP contribution in [0.25, 0.3) is 10.2 Å². The van der Waals surface area contributed by atoms with Gasteiger partial charge in [0.2, 0.25) is 5.13 Å². The van der Waals surface area contributed by atoms with E-state index in [2.05, 4.69) is 41.2 Å². The van der Waals surface area contributed by atoms with Crippen LogP contribution in [0.2, 0.25) is 0 Å². The summed E-state index contributed by atoms with van der Waals surface area (Å²) in [6.07, 6.45) is 3.89. The van der Waals surface area contributed by atoms with E-state index in [4.69, 9.17) is 0 Å². The molecule has 1 aromatic carbocycles. The number of nitrogens with one attached hydrogen (secondary N) is 1. The average Bonchev–Trinajstić information content (AvgIpc) is 2.79. The average molecular weight is 285 g/mol. The topological polar surface area (TPSA) is 37.3 Å². The predicted octanol–water partition coefficient (Wildman–Crippen LogP) is 4.84. The van der Waals surface area contributed by atoms with Crippen LogP contribution in [0.15, 0.2) is 46.7 Å². The van der Waals surface area contributed by atoms with Crippen LogP contribution in [0.5, 0.6) is 0 Å². The fraction of sp³-hybridized carbons (Fsp3) is 0.312. The van der Waals surface area contributed by atoms with Gasteiger partial charge in [-0.05, 0) is 37.6 Å². The largest absolute Gasteiger partial charge is 0.253 e. The van der Waals surface area contributed by atoms with Gasteiger partial charge in [-0.25, -0.2) is 4.98 Å². The van der Waals surface area contributed by atoms with Crippen molar-refractivity contribution in [2.75, 3.05) is 5.43 Å². The first-order valence-corrected chi connectivity index (χ1v) is 7.35. The SMILES string of the molecule is CC(C)=C=CC(C)(C)/C=N/Nc1nc2ccccc2s1. The van der Waals surface area contributed by atoms with Crippen LogP contribution in [-0.2, 0) is 0 Å². The summed E-state index contributed by atoms with van der Waals surface area (Å²) in [5, 5.41) is 5.09. The highest BCUT2D eigenvalue weighted by Crippen LogP contribution is 2.25. The van der Waals surface area contributed by atoms with Crippen molar-refractivity contribution in [2.45, 2.75) is 27.7 Å². The summed E-state index contributed by atoms with van der Waals surface area (Å²) >= 11 is 1.60. The first-order valence-electron chi connectivity index (χ1n) is 6.53. The first kappa shape index (κ1) is 14.5. The van der Waals surface area contributed by atoms with Gasteiger partial charge in [-0.2, -0.15) is 5.10 Å². The minimum absolute atomic E-state index is 0.138. The maximum atomic E-state index is 4.47. The van der Waals surface area contributed by atoms with Gasteiger partial charge in [-0.15, -0.1) is 5.73 Å². The van der Waals surface area contributed by atoms with Crippen molar-refractivity contribution in [3.8, 4) is 0 Å². The Morgan fingerprint density at radius 2 is 2.10 bits per heavy atom. The molecule has 0 aliphatic heterocycles. The number of hydrogen-bond acceptors (Lipinski definition) is 4. The molecule has 0 atom stereocenters. The van der Waals surface area contributed by atoms with E-state index in [1.807, 2.05) is 44.3 Å². The Morgan fingerprint density at radius 1 is 1.35 bits per heavy atom. The van der Waals surface area contributed by atoms with Gasteiger partial charge in [0.05, 0.1) is 10.2 Å². The molecule has 0 spiro atoms. The Kier molecular flexibility index (Phi) is 4.38. The molecule has 0 saturated carbocycles. The second-order valence-electron chi connectivity index (χ2n) is 5.47. The molecule has 0 radical (unpaired) electrons. The van der Waals surface area contributed by atoms with E-state index in [1.165, 1.54) is 0 Å². The standard InChI is InChI=1S/C16H19N3S/c1-12(2)9-10-16(3,4)11-17-19-15-18-13-7-5-6-8-14(13)20-15/h5-8,10-11H,1-4H3,(H,18,19)/b17-11+. The lowest BCUT2D eigenvalue weighted by Gasteiger charge is -2.11. The molecule has 2 rings (SSSR count). The summed E-state index contributed by atoms with van der Waals surface area (Å²) in [7, 11) is 0. The number of rotatable bonds is 4. The molecule has 104 valence electrons. The molecule has 3 nitrogen and oxygen atoms in total. The van der Waals surface area contributed by atoms with Crippen molar-refractivity contribution in [1.82, 2.24) is 4.98 Å². The Bertz CT molecular complexity index is 652. The van der Waals surface area contributed by atoms with Crippen molar-refractivity contribution in [1.29, 1.82) is 0 Å². The molecule has 0 saturated heterocycles. The van der Waals surface area contributed by atoms with Gasteiger partial charge < -0.3 is 0 Å². The van der Waals surface area contributed by atoms with E-state index >= 15 is 0 Å². The van der Waals surface area contributed by atoms with Crippen molar-refractivity contribution in [3.05, 3.63) is 41.6 Å². The zero-order valence-corrected chi connectivity index (χ0v) is 13.1. The lowest BCUT2D eigenvalue weighted by molar-refractivity contribution is 0.693. The number of para-hydroxylation sites is 1. The monoisotopic (exact) mass is 285 g/mol. The van der Waals surface area contributed by atoms with Gasteiger partial charge >= 0.3 is 0 Å². The van der Waals surface area contributed by atoms with Crippen molar-refractivity contribution < 1.29 is 0 Å². The number of hydrogen-bond donors (Lipinski definition) is 1. The summed E-state index contributed by atoms with van der Waals surface area (Å²) in [5.41, 5.74) is 8.23. The van der Waals surface area contributed by atoms with Crippen LogP contribution < -0.4 is 5.43 Å². The molecule has 20 heavy (non-hydrogen) atoms. The van der Waals surface area contributed by atoms with E-state index in [0.717, 1.165) is 20.9 Å². The molecule has 0 bridgehead atoms. The number of hydrazone groups is 1. The first-order chi connectivity index (χ1) is 9.46. The number of anilines is 1. The van der Waals surface area contributed by atoms with Gasteiger partial charge in [-0.1, -0.05) is 37.3 Å². The molecule has 0 fully saturated rings. The quantitative estimate of drug-likeness (QED) is 0.496. The Labute approximate surface area is 123 Å². The summed E-state index contributed by atoms with van der Waals surface area (Å²) < 4.78 is 1.16. The van der Waals surface area contributed by atoms with Crippen LogP contribution in [0.3, 0.4) is 0 Å². The molecule has 0 aliphatic carbocycles. The summed E-state index contributed by atoms with van der Waals surface area (Å²) in [5.74, 6) is 0. The third-order valence-electron chi connectivity index (χ3n) is 2.58. The number of allylic oxidation sites excluding steroid dienone is 1. The van der Waals surface area contributed by atoms with Crippen LogP contribution >= 0.6 is 11.3 Å². The molecule has 0 amide bonds. The predicted molar refractivity (Wildman–Crippen MR) is 88.5 cm³/mol. The highest BCUT2D eigenvalue weighted by Gasteiger charge is 2.10. The molecule has 1 N–H and O–H groups in total. The lowest BCUT2D eigenvalue weighted by Crippen LogP contribution is -2.09. The minimum Gasteiger partial charge on any atom is -0.253 e. The highest BCUT2D eigenvalue weighted by molar-refractivity contribution is 7.22. The van der Waals surface area contributed by atoms with Crippen LogP contribution in [0, 0.1) is 5.41 Å². The smallest absolute Gasteiger partial charge is 0.204 e. The molecule has 0 aliphatic rings. The molecule has 4 heteroatoms. The van der Waals surface area contributed by atoms with Gasteiger partial charge in [0.25, 0.3) is 0 Å². The second kappa shape index (κ2) is 6.04. The number of fused-ring (bicyclic) bond motifs is 1. The van der Waals surface area contributed by atoms with Gasteiger partial charge in [-0.3, -0.25) is 5.43 Å². The van der Waals surface area contributed by atoms with Crippen molar-refractivity contribution in [2.24, 2.45) is 10.5 Å². The van der Waals surface area contributed by atoms with E-state index in [-0.39, 0.29) is 5.41 Å². The maximum absolute atomic E-state index is 4.47. The third kappa shape index (κ3) is 4.05. The van der Waals surface area contributed by atoms with E-state index in [9.17, 15) is 0 Å². The molecule has 2 aromatic rings. The lowest BCUT2D eigenvalue weighted by atomic mass is 9.95. The fourth-order valence-electron chi connectivity index (χ4n) is 1.54.